The molecule has 0 radical (unpaired) electrons. The summed E-state index contributed by atoms with van der Waals surface area (Å²) in [6.07, 6.45) is 0. The molecule has 7 heteroatoms. The highest BCUT2D eigenvalue weighted by Gasteiger charge is 2.25. The number of hydrogen-bond acceptors (Lipinski definition) is 3. The van der Waals surface area contributed by atoms with E-state index in [2.05, 4.69) is 10.6 Å². The largest absolute Gasteiger partial charge is 0.480 e. The van der Waals surface area contributed by atoms with E-state index >= 15 is 0 Å². The van der Waals surface area contributed by atoms with Crippen molar-refractivity contribution >= 4 is 17.9 Å². The Morgan fingerprint density at radius 3 is 2.22 bits per heavy atom. The monoisotopic (exact) mass is 259 g/mol. The van der Waals surface area contributed by atoms with E-state index in [-0.39, 0.29) is 18.4 Å². The Hall–Kier alpha value is -1.79. The number of carboxylic acid groups (broad SMARTS) is 1. The fraction of sp³-hybridized carbons (Fsp3) is 0.727. The number of aliphatic carboxylic acids is 1. The lowest BCUT2D eigenvalue weighted by molar-refractivity contribution is -0.140. The number of nitrogens with one attached hydrogen (secondary N) is 2. The van der Waals surface area contributed by atoms with E-state index in [0.29, 0.717) is 6.54 Å². The lowest BCUT2D eigenvalue weighted by Gasteiger charge is -2.22. The molecule has 0 bridgehead atoms. The van der Waals surface area contributed by atoms with Crippen molar-refractivity contribution in [2.75, 3.05) is 20.1 Å². The van der Waals surface area contributed by atoms with Gasteiger partial charge in [-0.15, -0.1) is 0 Å². The molecule has 0 aliphatic rings. The van der Waals surface area contributed by atoms with Crippen molar-refractivity contribution in [2.24, 2.45) is 5.92 Å². The third kappa shape index (κ3) is 5.51. The van der Waals surface area contributed by atoms with Crippen LogP contribution < -0.4 is 10.6 Å². The van der Waals surface area contributed by atoms with Crippen molar-refractivity contribution in [1.29, 1.82) is 0 Å². The predicted molar refractivity (Wildman–Crippen MR) is 66.1 cm³/mol. The summed E-state index contributed by atoms with van der Waals surface area (Å²) in [5.41, 5.74) is 0. The molecule has 3 N–H and O–H groups in total. The highest BCUT2D eigenvalue weighted by Crippen LogP contribution is 2.02. The average Bonchev–Trinajstić information content (AvgIpc) is 2.24. The summed E-state index contributed by atoms with van der Waals surface area (Å²) in [5, 5.41) is 13.9. The Morgan fingerprint density at radius 1 is 1.28 bits per heavy atom. The van der Waals surface area contributed by atoms with E-state index in [1.54, 1.807) is 20.8 Å². The lowest BCUT2D eigenvalue weighted by atomic mass is 10.1. The SMILES string of the molecule is CCNC(=O)CN(C)C(=O)N[C@@H](C(=O)O)C(C)C. The second-order valence-electron chi connectivity index (χ2n) is 4.32. The Labute approximate surface area is 107 Å². The van der Waals surface area contributed by atoms with Gasteiger partial charge < -0.3 is 20.6 Å². The van der Waals surface area contributed by atoms with E-state index in [1.165, 1.54) is 7.05 Å². The van der Waals surface area contributed by atoms with Gasteiger partial charge in [0.15, 0.2) is 0 Å². The van der Waals surface area contributed by atoms with Gasteiger partial charge in [0.25, 0.3) is 0 Å². The number of rotatable bonds is 6. The minimum Gasteiger partial charge on any atom is -0.480 e. The quantitative estimate of drug-likeness (QED) is 0.619. The van der Waals surface area contributed by atoms with Gasteiger partial charge in [-0.3, -0.25) is 4.79 Å². The predicted octanol–water partition coefficient (Wildman–Crippen LogP) is -0.127. The molecule has 0 unspecified atom stereocenters. The first-order valence-electron chi connectivity index (χ1n) is 5.80. The molecule has 3 amide bonds. The molecule has 0 heterocycles. The minimum atomic E-state index is -1.09. The molecule has 0 saturated heterocycles. The van der Waals surface area contributed by atoms with E-state index in [1.807, 2.05) is 0 Å². The van der Waals surface area contributed by atoms with Gasteiger partial charge in [0.05, 0.1) is 0 Å². The molecule has 0 aliphatic heterocycles. The first-order valence-corrected chi connectivity index (χ1v) is 5.80. The van der Waals surface area contributed by atoms with Gasteiger partial charge in [-0.1, -0.05) is 13.8 Å². The van der Waals surface area contributed by atoms with E-state index < -0.39 is 18.0 Å². The van der Waals surface area contributed by atoms with E-state index in [4.69, 9.17) is 5.11 Å². The number of hydrogen-bond donors (Lipinski definition) is 3. The number of amides is 3. The van der Waals surface area contributed by atoms with Gasteiger partial charge in [0.2, 0.25) is 5.91 Å². The molecule has 18 heavy (non-hydrogen) atoms. The standard InChI is InChI=1S/C11H21N3O4/c1-5-12-8(15)6-14(4)11(18)13-9(7(2)3)10(16)17/h7,9H,5-6H2,1-4H3,(H,12,15)(H,13,18)(H,16,17)/t9-/m1/s1. The summed E-state index contributed by atoms with van der Waals surface area (Å²) in [6.45, 7) is 5.55. The number of likely N-dealkylation sites (N-methyl/N-ethyl adjacent to an activating group) is 2. The molecule has 1 atom stereocenters. The molecule has 0 fully saturated rings. The van der Waals surface area contributed by atoms with Crippen molar-refractivity contribution in [3.63, 3.8) is 0 Å². The minimum absolute atomic E-state index is 0.107. The van der Waals surface area contributed by atoms with Crippen molar-refractivity contribution in [3.05, 3.63) is 0 Å². The van der Waals surface area contributed by atoms with Crippen LogP contribution in [0.4, 0.5) is 4.79 Å². The topological polar surface area (TPSA) is 98.7 Å². The second kappa shape index (κ2) is 7.52. The van der Waals surface area contributed by atoms with Gasteiger partial charge in [-0.2, -0.15) is 0 Å². The van der Waals surface area contributed by atoms with Crippen molar-refractivity contribution in [2.45, 2.75) is 26.8 Å². The van der Waals surface area contributed by atoms with Crippen LogP contribution in [-0.4, -0.2) is 54.1 Å². The summed E-state index contributed by atoms with van der Waals surface area (Å²) in [4.78, 5) is 35.0. The zero-order chi connectivity index (χ0) is 14.3. The van der Waals surface area contributed by atoms with Gasteiger partial charge in [-0.05, 0) is 12.8 Å². The molecule has 104 valence electrons. The lowest BCUT2D eigenvalue weighted by Crippen LogP contribution is -2.50. The van der Waals surface area contributed by atoms with Crippen LogP contribution in [0, 0.1) is 5.92 Å². The van der Waals surface area contributed by atoms with Crippen molar-refractivity contribution < 1.29 is 19.5 Å². The summed E-state index contributed by atoms with van der Waals surface area (Å²) in [6, 6.07) is -1.54. The smallest absolute Gasteiger partial charge is 0.326 e. The molecular formula is C11H21N3O4. The number of nitrogens with zero attached hydrogens (tertiary/aromatic N) is 1. The first-order chi connectivity index (χ1) is 8.29. The molecule has 7 nitrogen and oxygen atoms in total. The molecule has 0 aromatic rings. The van der Waals surface area contributed by atoms with Crippen LogP contribution >= 0.6 is 0 Å². The number of carbonyl (C=O) groups excluding carboxylic acids is 2. The summed E-state index contributed by atoms with van der Waals surface area (Å²) in [7, 11) is 1.43. The van der Waals surface area contributed by atoms with Crippen LogP contribution in [0.2, 0.25) is 0 Å². The van der Waals surface area contributed by atoms with Gasteiger partial charge in [0, 0.05) is 13.6 Å². The van der Waals surface area contributed by atoms with Crippen LogP contribution in [-0.2, 0) is 9.59 Å². The fourth-order valence-electron chi connectivity index (χ4n) is 1.30. The highest BCUT2D eigenvalue weighted by molar-refractivity contribution is 5.86. The molecule has 0 spiro atoms. The molecule has 0 saturated carbocycles. The Morgan fingerprint density at radius 2 is 1.83 bits per heavy atom. The zero-order valence-electron chi connectivity index (χ0n) is 11.2. The Kier molecular flexibility index (Phi) is 6.77. The zero-order valence-corrected chi connectivity index (χ0v) is 11.2. The van der Waals surface area contributed by atoms with Gasteiger partial charge >= 0.3 is 12.0 Å². The maximum absolute atomic E-state index is 11.7. The third-order valence-electron chi connectivity index (χ3n) is 2.31. The van der Waals surface area contributed by atoms with E-state index in [0.717, 1.165) is 4.90 Å². The maximum atomic E-state index is 11.7. The summed E-state index contributed by atoms with van der Waals surface area (Å²) in [5.74, 6) is -1.61. The summed E-state index contributed by atoms with van der Waals surface area (Å²) >= 11 is 0. The second-order valence-corrected chi connectivity index (χ2v) is 4.32. The van der Waals surface area contributed by atoms with Crippen molar-refractivity contribution in [3.8, 4) is 0 Å². The van der Waals surface area contributed by atoms with Crippen LogP contribution in [0.5, 0.6) is 0 Å². The molecule has 0 aliphatic carbocycles. The van der Waals surface area contributed by atoms with Crippen molar-refractivity contribution in [1.82, 2.24) is 15.5 Å². The van der Waals surface area contributed by atoms with Gasteiger partial charge in [-0.25, -0.2) is 9.59 Å². The van der Waals surface area contributed by atoms with Gasteiger partial charge in [0.1, 0.15) is 12.6 Å². The van der Waals surface area contributed by atoms with Crippen LogP contribution in [0.3, 0.4) is 0 Å². The Balaban J connectivity index is 4.38. The number of carboxylic acids is 1. The van der Waals surface area contributed by atoms with Crippen LogP contribution in [0.25, 0.3) is 0 Å². The first kappa shape index (κ1) is 16.2. The molecule has 0 aromatic heterocycles. The summed E-state index contributed by atoms with van der Waals surface area (Å²) < 4.78 is 0. The van der Waals surface area contributed by atoms with E-state index in [9.17, 15) is 14.4 Å². The highest BCUT2D eigenvalue weighted by atomic mass is 16.4. The van der Waals surface area contributed by atoms with Crippen LogP contribution in [0.1, 0.15) is 20.8 Å². The maximum Gasteiger partial charge on any atom is 0.326 e. The normalized spacial score (nSPS) is 11.8. The Bertz CT molecular complexity index is 317. The third-order valence-corrected chi connectivity index (χ3v) is 2.31. The molecular weight excluding hydrogens is 238 g/mol. The average molecular weight is 259 g/mol. The molecule has 0 rings (SSSR count). The van der Waals surface area contributed by atoms with Crippen LogP contribution in [0.15, 0.2) is 0 Å². The molecule has 0 aromatic carbocycles. The fourth-order valence-corrected chi connectivity index (χ4v) is 1.30. The number of urea groups is 1. The number of carbonyl (C=O) groups is 3.